The first-order chi connectivity index (χ1) is 8.70. The predicted octanol–water partition coefficient (Wildman–Crippen LogP) is 2.25. The summed E-state index contributed by atoms with van der Waals surface area (Å²) in [5, 5.41) is 1.91. The molecule has 5 heteroatoms. The highest BCUT2D eigenvalue weighted by Crippen LogP contribution is 2.25. The van der Waals surface area contributed by atoms with Gasteiger partial charge in [-0.05, 0) is 30.7 Å². The number of hydrogen-bond donors (Lipinski definition) is 1. The van der Waals surface area contributed by atoms with E-state index in [-0.39, 0.29) is 18.2 Å². The van der Waals surface area contributed by atoms with E-state index in [1.165, 1.54) is 11.3 Å². The molecule has 0 saturated heterocycles. The zero-order valence-electron chi connectivity index (χ0n) is 10.5. The minimum Gasteiger partial charge on any atom is -0.461 e. The molecule has 18 heavy (non-hydrogen) atoms. The van der Waals surface area contributed by atoms with Crippen molar-refractivity contribution in [3.63, 3.8) is 0 Å². The Morgan fingerprint density at radius 1 is 1.50 bits per heavy atom. The van der Waals surface area contributed by atoms with E-state index in [9.17, 15) is 4.79 Å². The van der Waals surface area contributed by atoms with E-state index in [0.29, 0.717) is 0 Å². The Hall–Kier alpha value is -0.910. The first-order valence-electron chi connectivity index (χ1n) is 6.23. The predicted molar refractivity (Wildman–Crippen MR) is 70.4 cm³/mol. The highest BCUT2D eigenvalue weighted by Gasteiger charge is 2.27. The number of esters is 1. The van der Waals surface area contributed by atoms with Crippen LogP contribution in [0.15, 0.2) is 17.5 Å². The molecule has 0 amide bonds. The average molecular weight is 269 g/mol. The molecular formula is C13H19NO3S. The Morgan fingerprint density at radius 2 is 2.28 bits per heavy atom. The Bertz CT molecular complexity index is 380. The number of thiophene rings is 1. The van der Waals surface area contributed by atoms with Crippen LogP contribution in [-0.2, 0) is 14.3 Å². The maximum Gasteiger partial charge on any atom is 0.328 e. The number of rotatable bonds is 4. The molecule has 1 aromatic heterocycles. The fourth-order valence-corrected chi connectivity index (χ4v) is 2.96. The highest BCUT2D eigenvalue weighted by atomic mass is 32.1. The quantitative estimate of drug-likeness (QED) is 0.852. The third-order valence-corrected chi connectivity index (χ3v) is 4.25. The number of ether oxygens (including phenoxy) is 2. The van der Waals surface area contributed by atoms with Gasteiger partial charge in [-0.25, -0.2) is 4.79 Å². The molecule has 1 saturated carbocycles. The van der Waals surface area contributed by atoms with Gasteiger partial charge in [-0.15, -0.1) is 11.3 Å². The third kappa shape index (κ3) is 3.31. The summed E-state index contributed by atoms with van der Waals surface area (Å²) in [4.78, 5) is 12.8. The molecule has 2 rings (SSSR count). The van der Waals surface area contributed by atoms with E-state index < -0.39 is 6.04 Å². The van der Waals surface area contributed by atoms with Crippen molar-refractivity contribution >= 4 is 17.3 Å². The van der Waals surface area contributed by atoms with Crippen LogP contribution in [-0.4, -0.2) is 25.3 Å². The third-order valence-electron chi connectivity index (χ3n) is 3.30. The van der Waals surface area contributed by atoms with Gasteiger partial charge in [0.1, 0.15) is 12.1 Å². The minimum absolute atomic E-state index is 0.0535. The van der Waals surface area contributed by atoms with Crippen LogP contribution < -0.4 is 5.73 Å². The fraction of sp³-hybridized carbons (Fsp3) is 0.615. The van der Waals surface area contributed by atoms with Crippen LogP contribution in [0.3, 0.4) is 0 Å². The second kappa shape index (κ2) is 6.31. The van der Waals surface area contributed by atoms with Gasteiger partial charge in [-0.1, -0.05) is 6.07 Å². The molecule has 1 aromatic rings. The van der Waals surface area contributed by atoms with E-state index in [1.54, 1.807) is 7.11 Å². The van der Waals surface area contributed by atoms with Crippen molar-refractivity contribution in [2.45, 2.75) is 43.9 Å². The van der Waals surface area contributed by atoms with Crippen LogP contribution in [0.4, 0.5) is 0 Å². The van der Waals surface area contributed by atoms with E-state index >= 15 is 0 Å². The molecule has 1 heterocycles. The molecule has 2 N–H and O–H groups in total. The van der Waals surface area contributed by atoms with Crippen molar-refractivity contribution in [3.8, 4) is 0 Å². The van der Waals surface area contributed by atoms with Gasteiger partial charge in [-0.3, -0.25) is 0 Å². The van der Waals surface area contributed by atoms with E-state index in [2.05, 4.69) is 0 Å². The Labute approximate surface area is 111 Å². The molecule has 100 valence electrons. The van der Waals surface area contributed by atoms with E-state index in [4.69, 9.17) is 15.2 Å². The number of carbonyl (C=O) groups excluding carboxylic acids is 1. The maximum atomic E-state index is 11.9. The molecule has 4 nitrogen and oxygen atoms in total. The molecular weight excluding hydrogens is 250 g/mol. The summed E-state index contributed by atoms with van der Waals surface area (Å²) in [5.74, 6) is -0.334. The summed E-state index contributed by atoms with van der Waals surface area (Å²) in [6.07, 6.45) is 3.91. The molecule has 0 radical (unpaired) electrons. The second-order valence-electron chi connectivity index (χ2n) is 4.58. The summed E-state index contributed by atoms with van der Waals surface area (Å²) in [7, 11) is 1.70. The lowest BCUT2D eigenvalue weighted by Gasteiger charge is -2.28. The van der Waals surface area contributed by atoms with Crippen LogP contribution in [0.5, 0.6) is 0 Å². The van der Waals surface area contributed by atoms with Crippen molar-refractivity contribution in [2.24, 2.45) is 5.73 Å². The Balaban J connectivity index is 1.87. The van der Waals surface area contributed by atoms with Crippen molar-refractivity contribution in [1.29, 1.82) is 0 Å². The van der Waals surface area contributed by atoms with Gasteiger partial charge in [0, 0.05) is 18.4 Å². The van der Waals surface area contributed by atoms with Gasteiger partial charge < -0.3 is 15.2 Å². The lowest BCUT2D eigenvalue weighted by molar-refractivity contribution is -0.154. The average Bonchev–Trinajstić information content (AvgIpc) is 2.92. The maximum absolute atomic E-state index is 11.9. The van der Waals surface area contributed by atoms with Crippen LogP contribution >= 0.6 is 11.3 Å². The molecule has 0 spiro atoms. The van der Waals surface area contributed by atoms with Crippen LogP contribution in [0.25, 0.3) is 0 Å². The highest BCUT2D eigenvalue weighted by molar-refractivity contribution is 7.10. The van der Waals surface area contributed by atoms with Crippen molar-refractivity contribution in [1.82, 2.24) is 0 Å². The lowest BCUT2D eigenvalue weighted by Crippen LogP contribution is -2.32. The summed E-state index contributed by atoms with van der Waals surface area (Å²) in [6.45, 7) is 0. The minimum atomic E-state index is -0.659. The smallest absolute Gasteiger partial charge is 0.328 e. The molecule has 1 aliphatic carbocycles. The fourth-order valence-electron chi connectivity index (χ4n) is 2.25. The van der Waals surface area contributed by atoms with Crippen LogP contribution in [0.2, 0.25) is 0 Å². The van der Waals surface area contributed by atoms with Gasteiger partial charge in [-0.2, -0.15) is 0 Å². The van der Waals surface area contributed by atoms with Gasteiger partial charge in [0.2, 0.25) is 0 Å². The van der Waals surface area contributed by atoms with Crippen molar-refractivity contribution in [2.75, 3.05) is 7.11 Å². The molecule has 1 fully saturated rings. The molecule has 3 unspecified atom stereocenters. The topological polar surface area (TPSA) is 61.5 Å². The normalized spacial score (nSPS) is 25.7. The van der Waals surface area contributed by atoms with Crippen molar-refractivity contribution in [3.05, 3.63) is 22.4 Å². The first-order valence-corrected chi connectivity index (χ1v) is 7.11. The Morgan fingerprint density at radius 3 is 2.94 bits per heavy atom. The van der Waals surface area contributed by atoms with Crippen molar-refractivity contribution < 1.29 is 14.3 Å². The van der Waals surface area contributed by atoms with E-state index in [0.717, 1.165) is 30.6 Å². The lowest BCUT2D eigenvalue weighted by atomic mass is 9.95. The largest absolute Gasteiger partial charge is 0.461 e. The SMILES string of the molecule is COC1CCCC(OC(=O)C(N)c2cccs2)C1. The summed E-state index contributed by atoms with van der Waals surface area (Å²) >= 11 is 1.48. The van der Waals surface area contributed by atoms with Crippen LogP contribution in [0, 0.1) is 0 Å². The van der Waals surface area contributed by atoms with Gasteiger partial charge >= 0.3 is 5.97 Å². The summed E-state index contributed by atoms with van der Waals surface area (Å²) in [5.41, 5.74) is 5.87. The molecule has 3 atom stereocenters. The first kappa shape index (κ1) is 13.5. The van der Waals surface area contributed by atoms with Gasteiger partial charge in [0.25, 0.3) is 0 Å². The Kier molecular flexibility index (Phi) is 4.74. The molecule has 0 aliphatic heterocycles. The zero-order chi connectivity index (χ0) is 13.0. The standard InChI is InChI=1S/C13H19NO3S/c1-16-9-4-2-5-10(8-9)17-13(15)12(14)11-6-3-7-18-11/h3,6-7,9-10,12H,2,4-5,8,14H2,1H3. The number of nitrogens with two attached hydrogens (primary N) is 1. The summed E-state index contributed by atoms with van der Waals surface area (Å²) < 4.78 is 10.8. The van der Waals surface area contributed by atoms with Gasteiger partial charge in [0.05, 0.1) is 6.10 Å². The molecule has 1 aliphatic rings. The summed E-state index contributed by atoms with van der Waals surface area (Å²) in [6, 6.07) is 3.08. The monoisotopic (exact) mass is 269 g/mol. The van der Waals surface area contributed by atoms with Gasteiger partial charge in [0.15, 0.2) is 0 Å². The molecule has 0 bridgehead atoms. The second-order valence-corrected chi connectivity index (χ2v) is 5.56. The molecule has 0 aromatic carbocycles. The van der Waals surface area contributed by atoms with E-state index in [1.807, 2.05) is 17.5 Å². The number of hydrogen-bond acceptors (Lipinski definition) is 5. The number of carbonyl (C=O) groups is 1. The van der Waals surface area contributed by atoms with Crippen LogP contribution in [0.1, 0.15) is 36.6 Å². The zero-order valence-corrected chi connectivity index (χ0v) is 11.3. The number of methoxy groups -OCH3 is 1.